The first kappa shape index (κ1) is 20.8. The van der Waals surface area contributed by atoms with Crippen LogP contribution in [0.25, 0.3) is 0 Å². The van der Waals surface area contributed by atoms with E-state index >= 15 is 0 Å². The summed E-state index contributed by atoms with van der Waals surface area (Å²) in [4.78, 5) is 25.4. The minimum absolute atomic E-state index is 0.198. The highest BCUT2D eigenvalue weighted by Crippen LogP contribution is 2.36. The molecule has 1 rings (SSSR count). The molecule has 0 spiro atoms. The number of benzene rings is 1. The van der Waals surface area contributed by atoms with Crippen molar-refractivity contribution in [3.05, 3.63) is 17.7 Å². The Kier molecular flexibility index (Phi) is 8.77. The van der Waals surface area contributed by atoms with Crippen LogP contribution in [0.1, 0.15) is 56.3 Å². The maximum atomic E-state index is 12.1. The lowest BCUT2D eigenvalue weighted by Crippen LogP contribution is -2.30. The van der Waals surface area contributed by atoms with Crippen LogP contribution in [0.2, 0.25) is 0 Å². The first-order valence-corrected chi connectivity index (χ1v) is 8.71. The molecule has 0 aromatic heterocycles. The zero-order valence-corrected chi connectivity index (χ0v) is 14.9. The molecule has 0 fully saturated rings. The van der Waals surface area contributed by atoms with Gasteiger partial charge in [-0.2, -0.15) is 0 Å². The van der Waals surface area contributed by atoms with Crippen LogP contribution in [-0.4, -0.2) is 51.7 Å². The van der Waals surface area contributed by atoms with E-state index in [9.17, 15) is 19.8 Å². The molecule has 0 atom stereocenters. The molecule has 4 N–H and O–H groups in total. The molecule has 0 aliphatic rings. The zero-order chi connectivity index (χ0) is 18.8. The third-order valence-electron chi connectivity index (χ3n) is 3.96. The van der Waals surface area contributed by atoms with E-state index < -0.39 is 11.7 Å². The standard InChI is InChI=1S/C18H28N2O5/c1-3-5-10-20(11-6-4-2)12-9-15(22)19-16-14(21)8-7-13(17(16)23)18(24)25/h7-8,21,23H,3-6,9-12H2,1-2H3,(H,19,22)(H,24,25). The number of rotatable bonds is 11. The van der Waals surface area contributed by atoms with Crippen molar-refractivity contribution in [1.29, 1.82) is 0 Å². The Hall–Kier alpha value is -2.28. The highest BCUT2D eigenvalue weighted by atomic mass is 16.4. The number of nitrogens with zero attached hydrogens (tertiary/aromatic N) is 1. The number of aromatic carboxylic acids is 1. The quantitative estimate of drug-likeness (QED) is 0.456. The summed E-state index contributed by atoms with van der Waals surface area (Å²) in [7, 11) is 0. The Balaban J connectivity index is 2.69. The Morgan fingerprint density at radius 1 is 1.04 bits per heavy atom. The number of carboxylic acid groups (broad SMARTS) is 1. The van der Waals surface area contributed by atoms with Crippen molar-refractivity contribution >= 4 is 17.6 Å². The van der Waals surface area contributed by atoms with Crippen LogP contribution >= 0.6 is 0 Å². The molecule has 0 unspecified atom stereocenters. The molecule has 7 heteroatoms. The van der Waals surface area contributed by atoms with Crippen LogP contribution < -0.4 is 5.32 Å². The summed E-state index contributed by atoms with van der Waals surface area (Å²) in [6.07, 6.45) is 4.49. The van der Waals surface area contributed by atoms with E-state index in [0.29, 0.717) is 6.54 Å². The number of hydrogen-bond donors (Lipinski definition) is 4. The van der Waals surface area contributed by atoms with E-state index in [2.05, 4.69) is 24.1 Å². The minimum atomic E-state index is -1.33. The van der Waals surface area contributed by atoms with Gasteiger partial charge in [0.1, 0.15) is 17.0 Å². The van der Waals surface area contributed by atoms with Crippen molar-refractivity contribution in [3.63, 3.8) is 0 Å². The summed E-state index contributed by atoms with van der Waals surface area (Å²) in [6, 6.07) is 2.22. The smallest absolute Gasteiger partial charge is 0.339 e. The monoisotopic (exact) mass is 352 g/mol. The van der Waals surface area contributed by atoms with Gasteiger partial charge < -0.3 is 25.5 Å². The van der Waals surface area contributed by atoms with E-state index in [1.54, 1.807) is 0 Å². The fraction of sp³-hybridized carbons (Fsp3) is 0.556. The molecule has 1 aromatic rings. The van der Waals surface area contributed by atoms with E-state index in [0.717, 1.165) is 50.9 Å². The van der Waals surface area contributed by atoms with Gasteiger partial charge in [-0.25, -0.2) is 4.79 Å². The van der Waals surface area contributed by atoms with Gasteiger partial charge in [0.05, 0.1) is 0 Å². The van der Waals surface area contributed by atoms with Gasteiger partial charge in [0.2, 0.25) is 5.91 Å². The van der Waals surface area contributed by atoms with Crippen molar-refractivity contribution in [1.82, 2.24) is 4.90 Å². The molecule has 0 bridgehead atoms. The predicted molar refractivity (Wildman–Crippen MR) is 96.2 cm³/mol. The van der Waals surface area contributed by atoms with Gasteiger partial charge in [0.25, 0.3) is 0 Å². The summed E-state index contributed by atoms with van der Waals surface area (Å²) >= 11 is 0. The van der Waals surface area contributed by atoms with E-state index in [1.165, 1.54) is 0 Å². The fourth-order valence-corrected chi connectivity index (χ4v) is 2.44. The molecule has 0 radical (unpaired) electrons. The topological polar surface area (TPSA) is 110 Å². The van der Waals surface area contributed by atoms with Crippen molar-refractivity contribution in [2.24, 2.45) is 0 Å². The van der Waals surface area contributed by atoms with Crippen LogP contribution in [-0.2, 0) is 4.79 Å². The number of aromatic hydroxyl groups is 2. The fourth-order valence-electron chi connectivity index (χ4n) is 2.44. The van der Waals surface area contributed by atoms with Crippen LogP contribution in [0.5, 0.6) is 11.5 Å². The van der Waals surface area contributed by atoms with Crippen molar-refractivity contribution < 1.29 is 24.9 Å². The first-order chi connectivity index (χ1) is 11.9. The summed E-state index contributed by atoms with van der Waals surface area (Å²) in [5, 5.41) is 31.1. The highest BCUT2D eigenvalue weighted by Gasteiger charge is 2.19. The lowest BCUT2D eigenvalue weighted by molar-refractivity contribution is -0.116. The van der Waals surface area contributed by atoms with Crippen LogP contribution in [0, 0.1) is 0 Å². The average molecular weight is 352 g/mol. The SMILES string of the molecule is CCCCN(CCCC)CCC(=O)Nc1c(O)ccc(C(=O)O)c1O. The van der Waals surface area contributed by atoms with Gasteiger partial charge in [-0.3, -0.25) is 4.79 Å². The number of phenols is 2. The van der Waals surface area contributed by atoms with Gasteiger partial charge in [0.15, 0.2) is 5.75 Å². The van der Waals surface area contributed by atoms with Gasteiger partial charge in [-0.15, -0.1) is 0 Å². The lowest BCUT2D eigenvalue weighted by atomic mass is 10.1. The molecule has 0 saturated carbocycles. The number of nitrogens with one attached hydrogen (secondary N) is 1. The Morgan fingerprint density at radius 2 is 1.64 bits per heavy atom. The van der Waals surface area contributed by atoms with Gasteiger partial charge in [0, 0.05) is 13.0 Å². The minimum Gasteiger partial charge on any atom is -0.506 e. The molecule has 140 valence electrons. The van der Waals surface area contributed by atoms with Crippen LogP contribution in [0.15, 0.2) is 12.1 Å². The molecule has 0 aliphatic carbocycles. The number of carboxylic acids is 1. The summed E-state index contributed by atoms with van der Waals surface area (Å²) in [6.45, 7) is 6.66. The molecule has 1 amide bonds. The second-order valence-electron chi connectivity index (χ2n) is 6.01. The molecule has 25 heavy (non-hydrogen) atoms. The highest BCUT2D eigenvalue weighted by molar-refractivity contribution is 5.99. The van der Waals surface area contributed by atoms with Gasteiger partial charge >= 0.3 is 5.97 Å². The Labute approximate surface area is 148 Å². The third-order valence-corrected chi connectivity index (χ3v) is 3.96. The van der Waals surface area contributed by atoms with Crippen molar-refractivity contribution in [2.75, 3.05) is 25.0 Å². The molecule has 0 aliphatic heterocycles. The number of phenolic OH excluding ortho intramolecular Hbond substituents is 1. The van der Waals surface area contributed by atoms with E-state index in [4.69, 9.17) is 5.11 Å². The lowest BCUT2D eigenvalue weighted by Gasteiger charge is -2.21. The second-order valence-corrected chi connectivity index (χ2v) is 6.01. The molecule has 7 nitrogen and oxygen atoms in total. The molecule has 1 aromatic carbocycles. The number of unbranched alkanes of at least 4 members (excludes halogenated alkanes) is 2. The molecular formula is C18H28N2O5. The van der Waals surface area contributed by atoms with Gasteiger partial charge in [-0.1, -0.05) is 26.7 Å². The first-order valence-electron chi connectivity index (χ1n) is 8.71. The van der Waals surface area contributed by atoms with Gasteiger partial charge in [-0.05, 0) is 38.1 Å². The number of hydrogen-bond acceptors (Lipinski definition) is 5. The van der Waals surface area contributed by atoms with E-state index in [-0.39, 0.29) is 29.3 Å². The molecule has 0 heterocycles. The number of carbonyl (C=O) groups excluding carboxylic acids is 1. The Bertz CT molecular complexity index is 581. The van der Waals surface area contributed by atoms with Crippen molar-refractivity contribution in [2.45, 2.75) is 46.0 Å². The summed E-state index contributed by atoms with van der Waals surface area (Å²) in [5.41, 5.74) is -0.640. The third kappa shape index (κ3) is 6.62. The summed E-state index contributed by atoms with van der Waals surface area (Å²) < 4.78 is 0. The van der Waals surface area contributed by atoms with Crippen LogP contribution in [0.3, 0.4) is 0 Å². The van der Waals surface area contributed by atoms with E-state index in [1.807, 2.05) is 0 Å². The number of anilines is 1. The predicted octanol–water partition coefficient (Wildman–Crippen LogP) is 3.03. The van der Waals surface area contributed by atoms with Crippen LogP contribution in [0.4, 0.5) is 5.69 Å². The Morgan fingerprint density at radius 3 is 2.16 bits per heavy atom. The number of amides is 1. The molecule has 0 saturated heterocycles. The van der Waals surface area contributed by atoms with Crippen molar-refractivity contribution in [3.8, 4) is 11.5 Å². The second kappa shape index (κ2) is 10.6. The zero-order valence-electron chi connectivity index (χ0n) is 14.9. The maximum absolute atomic E-state index is 12.1. The summed E-state index contributed by atoms with van der Waals surface area (Å²) in [5.74, 6) is -2.73. The number of carbonyl (C=O) groups is 2. The maximum Gasteiger partial charge on any atom is 0.339 e. The largest absolute Gasteiger partial charge is 0.506 e. The normalized spacial score (nSPS) is 10.8. The molecular weight excluding hydrogens is 324 g/mol. The average Bonchev–Trinajstić information content (AvgIpc) is 2.57.